The number of aromatic nitrogens is 2. The minimum Gasteiger partial charge on any atom is -0.469 e. The van der Waals surface area contributed by atoms with Crippen molar-refractivity contribution in [2.75, 3.05) is 13.7 Å². The Balaban J connectivity index is 2.59. The molecule has 0 fully saturated rings. The summed E-state index contributed by atoms with van der Waals surface area (Å²) in [6, 6.07) is 0. The fourth-order valence-electron chi connectivity index (χ4n) is 1.11. The number of carbonyl (C=O) groups excluding carboxylic acids is 1. The fraction of sp³-hybridized carbons (Fsp3) is 0.556. The Kier molecular flexibility index (Phi) is 4.64. The van der Waals surface area contributed by atoms with Crippen molar-refractivity contribution in [3.8, 4) is 0 Å². The Bertz CT molecular complexity index is 480. The number of nitrogens with zero attached hydrogens (tertiary/aromatic N) is 2. The quantitative estimate of drug-likeness (QED) is 0.713. The Morgan fingerprint density at radius 1 is 1.59 bits per heavy atom. The third kappa shape index (κ3) is 3.82. The average molecular weight is 261 g/mol. The number of aryl methyl sites for hydroxylation is 1. The minimum atomic E-state index is -3.64. The van der Waals surface area contributed by atoms with Crippen molar-refractivity contribution < 1.29 is 17.9 Å². The van der Waals surface area contributed by atoms with Crippen LogP contribution in [0, 0.1) is 0 Å². The molecule has 0 unspecified atom stereocenters. The molecule has 1 heterocycles. The summed E-state index contributed by atoms with van der Waals surface area (Å²) < 4.78 is 31.7. The zero-order valence-electron chi connectivity index (χ0n) is 9.71. The van der Waals surface area contributed by atoms with Crippen LogP contribution in [-0.2, 0) is 26.1 Å². The van der Waals surface area contributed by atoms with Crippen molar-refractivity contribution in [1.82, 2.24) is 14.3 Å². The molecule has 0 atom stereocenters. The summed E-state index contributed by atoms with van der Waals surface area (Å²) in [7, 11) is -2.39. The van der Waals surface area contributed by atoms with E-state index in [1.165, 1.54) is 19.6 Å². The summed E-state index contributed by atoms with van der Waals surface area (Å²) in [5.41, 5.74) is 0. The highest BCUT2D eigenvalue weighted by Gasteiger charge is 2.17. The molecule has 0 saturated carbocycles. The number of hydrogen-bond donors (Lipinski definition) is 1. The molecule has 1 N–H and O–H groups in total. The number of hydrogen-bond acceptors (Lipinski definition) is 5. The highest BCUT2D eigenvalue weighted by molar-refractivity contribution is 7.89. The number of esters is 1. The van der Waals surface area contributed by atoms with Crippen LogP contribution >= 0.6 is 0 Å². The minimum absolute atomic E-state index is 0.00596. The first-order valence-corrected chi connectivity index (χ1v) is 6.56. The Morgan fingerprint density at radius 2 is 2.29 bits per heavy atom. The smallest absolute Gasteiger partial charge is 0.306 e. The van der Waals surface area contributed by atoms with Gasteiger partial charge in [-0.15, -0.1) is 0 Å². The number of nitrogens with one attached hydrogen (secondary N) is 1. The molecule has 0 aromatic carbocycles. The van der Waals surface area contributed by atoms with Gasteiger partial charge in [0, 0.05) is 19.3 Å². The molecule has 0 aliphatic carbocycles. The molecular weight excluding hydrogens is 246 g/mol. The maximum Gasteiger partial charge on any atom is 0.306 e. The topological polar surface area (TPSA) is 90.3 Å². The second-order valence-electron chi connectivity index (χ2n) is 3.27. The van der Waals surface area contributed by atoms with E-state index in [2.05, 4.69) is 14.4 Å². The molecule has 1 rings (SSSR count). The van der Waals surface area contributed by atoms with Crippen LogP contribution in [0.4, 0.5) is 0 Å². The second kappa shape index (κ2) is 5.78. The lowest BCUT2D eigenvalue weighted by atomic mass is 10.4. The van der Waals surface area contributed by atoms with E-state index >= 15 is 0 Å². The number of carbonyl (C=O) groups is 1. The molecule has 17 heavy (non-hydrogen) atoms. The predicted molar refractivity (Wildman–Crippen MR) is 59.7 cm³/mol. The van der Waals surface area contributed by atoms with E-state index < -0.39 is 16.0 Å². The predicted octanol–water partition coefficient (Wildman–Crippen LogP) is -0.256. The molecule has 8 heteroatoms. The molecule has 0 saturated heterocycles. The lowest BCUT2D eigenvalue weighted by Gasteiger charge is -2.02. The van der Waals surface area contributed by atoms with E-state index in [1.807, 2.05) is 6.92 Å². The van der Waals surface area contributed by atoms with Gasteiger partial charge in [-0.2, -0.15) is 0 Å². The first kappa shape index (κ1) is 13.7. The molecule has 96 valence electrons. The molecular formula is C9H15N3O4S. The first-order valence-electron chi connectivity index (χ1n) is 5.08. The molecule has 0 radical (unpaired) electrons. The highest BCUT2D eigenvalue weighted by atomic mass is 32.2. The summed E-state index contributed by atoms with van der Waals surface area (Å²) in [4.78, 5) is 14.6. The summed E-state index contributed by atoms with van der Waals surface area (Å²) in [5, 5.41) is -0.0517. The highest BCUT2D eigenvalue weighted by Crippen LogP contribution is 2.04. The van der Waals surface area contributed by atoms with Gasteiger partial charge in [0.15, 0.2) is 5.03 Å². The van der Waals surface area contributed by atoms with E-state index in [-0.39, 0.29) is 18.0 Å². The summed E-state index contributed by atoms with van der Waals surface area (Å²) >= 11 is 0. The molecule has 0 aliphatic heterocycles. The van der Waals surface area contributed by atoms with Crippen molar-refractivity contribution >= 4 is 16.0 Å². The SMILES string of the molecule is CCn1cnc(S(=O)(=O)NCCC(=O)OC)c1. The number of methoxy groups -OCH3 is 1. The van der Waals surface area contributed by atoms with Gasteiger partial charge >= 0.3 is 5.97 Å². The summed E-state index contributed by atoms with van der Waals surface area (Å²) in [6.45, 7) is 2.52. The van der Waals surface area contributed by atoms with Gasteiger partial charge in [-0.3, -0.25) is 4.79 Å². The zero-order valence-corrected chi connectivity index (χ0v) is 10.5. The Morgan fingerprint density at radius 3 is 2.82 bits per heavy atom. The van der Waals surface area contributed by atoms with Gasteiger partial charge in [0.1, 0.15) is 0 Å². The van der Waals surface area contributed by atoms with E-state index in [9.17, 15) is 13.2 Å². The van der Waals surface area contributed by atoms with Crippen molar-refractivity contribution in [3.63, 3.8) is 0 Å². The second-order valence-corrected chi connectivity index (χ2v) is 4.98. The average Bonchev–Trinajstić information content (AvgIpc) is 2.77. The van der Waals surface area contributed by atoms with Gasteiger partial charge in [-0.1, -0.05) is 0 Å². The van der Waals surface area contributed by atoms with Crippen LogP contribution in [-0.4, -0.2) is 37.6 Å². The zero-order chi connectivity index (χ0) is 12.9. The van der Waals surface area contributed by atoms with Crippen molar-refractivity contribution in [2.24, 2.45) is 0 Å². The maximum atomic E-state index is 11.7. The van der Waals surface area contributed by atoms with Gasteiger partial charge in [-0.25, -0.2) is 18.1 Å². The molecule has 0 spiro atoms. The van der Waals surface area contributed by atoms with Crippen LogP contribution in [0.2, 0.25) is 0 Å². The van der Waals surface area contributed by atoms with E-state index in [1.54, 1.807) is 4.57 Å². The Hall–Kier alpha value is -1.41. The lowest BCUT2D eigenvalue weighted by molar-refractivity contribution is -0.140. The number of rotatable bonds is 6. The third-order valence-corrected chi connectivity index (χ3v) is 3.44. The van der Waals surface area contributed by atoms with Gasteiger partial charge < -0.3 is 9.30 Å². The van der Waals surface area contributed by atoms with Crippen molar-refractivity contribution in [1.29, 1.82) is 0 Å². The van der Waals surface area contributed by atoms with Crippen LogP contribution in [0.15, 0.2) is 17.6 Å². The number of ether oxygens (including phenoxy) is 1. The van der Waals surface area contributed by atoms with Crippen LogP contribution in [0.25, 0.3) is 0 Å². The third-order valence-electron chi connectivity index (χ3n) is 2.10. The number of sulfonamides is 1. The number of imidazole rings is 1. The van der Waals surface area contributed by atoms with Gasteiger partial charge in [-0.05, 0) is 6.92 Å². The monoisotopic (exact) mass is 261 g/mol. The van der Waals surface area contributed by atoms with Crippen LogP contribution in [0.5, 0.6) is 0 Å². The normalized spacial score (nSPS) is 11.4. The molecule has 7 nitrogen and oxygen atoms in total. The van der Waals surface area contributed by atoms with Crippen LogP contribution < -0.4 is 4.72 Å². The summed E-state index contributed by atoms with van der Waals surface area (Å²) in [5.74, 6) is -0.466. The standard InChI is InChI=1S/C9H15N3O4S/c1-3-12-6-8(10-7-12)17(14,15)11-5-4-9(13)16-2/h6-7,11H,3-5H2,1-2H3. The maximum absolute atomic E-state index is 11.7. The van der Waals surface area contributed by atoms with Gasteiger partial charge in [0.05, 0.1) is 19.9 Å². The molecule has 0 amide bonds. The Labute approximate surface area is 99.8 Å². The lowest BCUT2D eigenvalue weighted by Crippen LogP contribution is -2.26. The van der Waals surface area contributed by atoms with Crippen LogP contribution in [0.1, 0.15) is 13.3 Å². The first-order chi connectivity index (χ1) is 7.99. The van der Waals surface area contributed by atoms with E-state index in [4.69, 9.17) is 0 Å². The molecule has 0 bridgehead atoms. The van der Waals surface area contributed by atoms with E-state index in [0.29, 0.717) is 6.54 Å². The summed E-state index contributed by atoms with van der Waals surface area (Å²) in [6.07, 6.45) is 2.86. The fourth-order valence-corrected chi connectivity index (χ4v) is 2.09. The van der Waals surface area contributed by atoms with Gasteiger partial charge in [0.2, 0.25) is 0 Å². The molecule has 1 aromatic rings. The van der Waals surface area contributed by atoms with Crippen LogP contribution in [0.3, 0.4) is 0 Å². The van der Waals surface area contributed by atoms with Gasteiger partial charge in [0.25, 0.3) is 10.0 Å². The van der Waals surface area contributed by atoms with Crippen molar-refractivity contribution in [2.45, 2.75) is 24.9 Å². The molecule has 0 aliphatic rings. The largest absolute Gasteiger partial charge is 0.469 e. The molecule has 1 aromatic heterocycles. The van der Waals surface area contributed by atoms with Crippen molar-refractivity contribution in [3.05, 3.63) is 12.5 Å². The van der Waals surface area contributed by atoms with E-state index in [0.717, 1.165) is 0 Å².